The largest absolute Gasteiger partial charge is 0.334 e. The molecule has 2 aliphatic rings. The molecular formula is C16H24FN3OS. The summed E-state index contributed by atoms with van der Waals surface area (Å²) in [4.78, 5) is 22.0. The molecule has 1 amide bonds. The number of hydrogen-bond acceptors (Lipinski definition) is 4. The van der Waals surface area contributed by atoms with Gasteiger partial charge in [-0.2, -0.15) is 0 Å². The van der Waals surface area contributed by atoms with Crippen molar-refractivity contribution in [3.05, 3.63) is 16.1 Å². The van der Waals surface area contributed by atoms with Crippen LogP contribution in [-0.4, -0.2) is 52.5 Å². The maximum absolute atomic E-state index is 12.8. The maximum Gasteiger partial charge on any atom is 0.223 e. The van der Waals surface area contributed by atoms with Crippen LogP contribution in [0.15, 0.2) is 6.20 Å². The molecule has 122 valence electrons. The summed E-state index contributed by atoms with van der Waals surface area (Å²) in [5.41, 5.74) is -0.0818. The van der Waals surface area contributed by atoms with Crippen LogP contribution in [0.4, 0.5) is 4.39 Å². The van der Waals surface area contributed by atoms with Crippen molar-refractivity contribution in [3.8, 4) is 0 Å². The fourth-order valence-corrected chi connectivity index (χ4v) is 4.77. The van der Waals surface area contributed by atoms with Crippen LogP contribution in [0, 0.1) is 6.92 Å². The van der Waals surface area contributed by atoms with E-state index in [0.29, 0.717) is 6.42 Å². The minimum atomic E-state index is -0.433. The normalized spacial score (nSPS) is 26.8. The highest BCUT2D eigenvalue weighted by Crippen LogP contribution is 2.39. The molecule has 22 heavy (non-hydrogen) atoms. The molecule has 0 aromatic carbocycles. The molecule has 2 fully saturated rings. The van der Waals surface area contributed by atoms with Crippen LogP contribution >= 0.6 is 11.3 Å². The summed E-state index contributed by atoms with van der Waals surface area (Å²) in [6, 6.07) is 0. The van der Waals surface area contributed by atoms with Gasteiger partial charge in [-0.25, -0.2) is 9.37 Å². The van der Waals surface area contributed by atoms with Crippen molar-refractivity contribution in [2.75, 3.05) is 26.3 Å². The Morgan fingerprint density at radius 3 is 2.95 bits per heavy atom. The third-order valence-electron chi connectivity index (χ3n) is 5.04. The molecule has 1 aromatic rings. The highest BCUT2D eigenvalue weighted by Gasteiger charge is 2.45. The van der Waals surface area contributed by atoms with E-state index in [1.807, 2.05) is 18.0 Å². The number of aryl methyl sites for hydroxylation is 1. The van der Waals surface area contributed by atoms with Gasteiger partial charge < -0.3 is 4.90 Å². The van der Waals surface area contributed by atoms with Crippen LogP contribution in [0.1, 0.15) is 42.0 Å². The van der Waals surface area contributed by atoms with E-state index >= 15 is 0 Å². The Bertz CT molecular complexity index is 535. The van der Waals surface area contributed by atoms with Crippen LogP contribution in [0.3, 0.4) is 0 Å². The second kappa shape index (κ2) is 6.62. The number of aromatic nitrogens is 1. The third kappa shape index (κ3) is 3.18. The average molecular weight is 325 g/mol. The SMILES string of the molecule is Cc1ncc(CN2CCC[C@]3(CCC(=O)N3CCF)CC2)s1. The Morgan fingerprint density at radius 2 is 2.23 bits per heavy atom. The number of amides is 1. The molecule has 0 aliphatic carbocycles. The highest BCUT2D eigenvalue weighted by molar-refractivity contribution is 7.11. The van der Waals surface area contributed by atoms with E-state index in [0.717, 1.165) is 50.3 Å². The number of carbonyl (C=O) groups is 1. The van der Waals surface area contributed by atoms with Gasteiger partial charge >= 0.3 is 0 Å². The van der Waals surface area contributed by atoms with E-state index in [1.165, 1.54) is 4.88 Å². The number of halogens is 1. The quantitative estimate of drug-likeness (QED) is 0.854. The topological polar surface area (TPSA) is 36.4 Å². The minimum Gasteiger partial charge on any atom is -0.334 e. The zero-order chi connectivity index (χ0) is 15.6. The third-order valence-corrected chi connectivity index (χ3v) is 5.94. The van der Waals surface area contributed by atoms with Crippen LogP contribution in [0.2, 0.25) is 0 Å². The summed E-state index contributed by atoms with van der Waals surface area (Å²) in [5, 5.41) is 1.11. The van der Waals surface area contributed by atoms with Crippen molar-refractivity contribution >= 4 is 17.2 Å². The molecule has 1 atom stereocenters. The first-order valence-corrected chi connectivity index (χ1v) is 8.95. The molecule has 0 saturated carbocycles. The number of thiazole rings is 1. The number of hydrogen-bond donors (Lipinski definition) is 0. The first-order valence-electron chi connectivity index (χ1n) is 8.13. The molecule has 0 radical (unpaired) electrons. The molecule has 4 nitrogen and oxygen atoms in total. The van der Waals surface area contributed by atoms with Crippen LogP contribution in [-0.2, 0) is 11.3 Å². The molecule has 1 spiro atoms. The van der Waals surface area contributed by atoms with E-state index in [9.17, 15) is 9.18 Å². The van der Waals surface area contributed by atoms with Gasteiger partial charge in [0.05, 0.1) is 5.01 Å². The van der Waals surface area contributed by atoms with Gasteiger partial charge in [-0.1, -0.05) is 0 Å². The number of rotatable bonds is 4. The smallest absolute Gasteiger partial charge is 0.223 e. The van der Waals surface area contributed by atoms with Gasteiger partial charge in [0.25, 0.3) is 0 Å². The van der Waals surface area contributed by atoms with E-state index in [-0.39, 0.29) is 18.0 Å². The molecule has 2 saturated heterocycles. The Morgan fingerprint density at radius 1 is 1.36 bits per heavy atom. The monoisotopic (exact) mass is 325 g/mol. The summed E-state index contributed by atoms with van der Waals surface area (Å²) in [6.07, 6.45) is 6.52. The van der Waals surface area contributed by atoms with E-state index in [1.54, 1.807) is 11.3 Å². The number of alkyl halides is 1. The van der Waals surface area contributed by atoms with E-state index < -0.39 is 6.67 Å². The predicted octanol–water partition coefficient (Wildman–Crippen LogP) is 2.77. The van der Waals surface area contributed by atoms with Crippen LogP contribution in [0.25, 0.3) is 0 Å². The van der Waals surface area contributed by atoms with Gasteiger partial charge in [0.2, 0.25) is 5.91 Å². The van der Waals surface area contributed by atoms with Gasteiger partial charge in [0, 0.05) is 42.7 Å². The first-order chi connectivity index (χ1) is 10.6. The van der Waals surface area contributed by atoms with Crippen molar-refractivity contribution in [2.24, 2.45) is 0 Å². The van der Waals surface area contributed by atoms with Crippen LogP contribution in [0.5, 0.6) is 0 Å². The Kier molecular flexibility index (Phi) is 4.78. The predicted molar refractivity (Wildman–Crippen MR) is 85.6 cm³/mol. The molecule has 6 heteroatoms. The zero-order valence-electron chi connectivity index (χ0n) is 13.2. The van der Waals surface area contributed by atoms with Gasteiger partial charge in [0.15, 0.2) is 0 Å². The highest BCUT2D eigenvalue weighted by atomic mass is 32.1. The van der Waals surface area contributed by atoms with Gasteiger partial charge in [-0.05, 0) is 39.2 Å². The first kappa shape index (κ1) is 15.9. The number of carbonyl (C=O) groups excluding carboxylic acids is 1. The molecular weight excluding hydrogens is 301 g/mol. The van der Waals surface area contributed by atoms with Crippen molar-refractivity contribution < 1.29 is 9.18 Å². The van der Waals surface area contributed by atoms with Gasteiger partial charge in [-0.15, -0.1) is 11.3 Å². The molecule has 3 heterocycles. The number of likely N-dealkylation sites (tertiary alicyclic amines) is 2. The summed E-state index contributed by atoms with van der Waals surface area (Å²) in [7, 11) is 0. The summed E-state index contributed by atoms with van der Waals surface area (Å²) in [6.45, 7) is 4.84. The van der Waals surface area contributed by atoms with Crippen molar-refractivity contribution in [2.45, 2.75) is 51.1 Å². The van der Waals surface area contributed by atoms with Gasteiger partial charge in [-0.3, -0.25) is 9.69 Å². The second-order valence-corrected chi connectivity index (χ2v) is 7.75. The number of nitrogens with zero attached hydrogens (tertiary/aromatic N) is 3. The summed E-state index contributed by atoms with van der Waals surface area (Å²) < 4.78 is 12.8. The molecule has 1 aromatic heterocycles. The van der Waals surface area contributed by atoms with Crippen molar-refractivity contribution in [1.29, 1.82) is 0 Å². The Labute approximate surface area is 135 Å². The lowest BCUT2D eigenvalue weighted by molar-refractivity contribution is -0.131. The molecule has 3 rings (SSSR count). The lowest BCUT2D eigenvalue weighted by atomic mass is 9.88. The lowest BCUT2D eigenvalue weighted by Gasteiger charge is -2.37. The standard InChI is InChI=1S/C16H24FN3OS/c1-13-18-11-14(22-13)12-19-8-2-4-16(6-9-19)5-3-15(21)20(16)10-7-17/h11H,2-10,12H2,1H3/t16-/m0/s1. The zero-order valence-corrected chi connectivity index (χ0v) is 14.0. The average Bonchev–Trinajstić information content (AvgIpc) is 2.95. The fraction of sp³-hybridized carbons (Fsp3) is 0.750. The Hall–Kier alpha value is -1.01. The van der Waals surface area contributed by atoms with Crippen molar-refractivity contribution in [3.63, 3.8) is 0 Å². The second-order valence-electron chi connectivity index (χ2n) is 6.43. The Balaban J connectivity index is 1.65. The molecule has 0 unspecified atom stereocenters. The maximum atomic E-state index is 12.8. The van der Waals surface area contributed by atoms with E-state index in [4.69, 9.17) is 0 Å². The van der Waals surface area contributed by atoms with Crippen LogP contribution < -0.4 is 0 Å². The van der Waals surface area contributed by atoms with E-state index in [2.05, 4.69) is 9.88 Å². The molecule has 0 N–H and O–H groups in total. The summed E-state index contributed by atoms with van der Waals surface area (Å²) in [5.74, 6) is 0.143. The van der Waals surface area contributed by atoms with Gasteiger partial charge in [0.1, 0.15) is 6.67 Å². The molecule has 2 aliphatic heterocycles. The lowest BCUT2D eigenvalue weighted by Crippen LogP contribution is -2.47. The molecule has 0 bridgehead atoms. The minimum absolute atomic E-state index is 0.0818. The van der Waals surface area contributed by atoms with Crippen molar-refractivity contribution in [1.82, 2.24) is 14.8 Å². The summed E-state index contributed by atoms with van der Waals surface area (Å²) >= 11 is 1.75. The fourth-order valence-electron chi connectivity index (χ4n) is 3.93.